The van der Waals surface area contributed by atoms with Crippen molar-refractivity contribution in [1.29, 1.82) is 0 Å². The van der Waals surface area contributed by atoms with Crippen LogP contribution in [0.2, 0.25) is 0 Å². The zero-order valence-electron chi connectivity index (χ0n) is 11.9. The van der Waals surface area contributed by atoms with Crippen LogP contribution in [0.15, 0.2) is 42.5 Å². The molecule has 2 aromatic carbocycles. The van der Waals surface area contributed by atoms with E-state index >= 15 is 0 Å². The number of ether oxygens (including phenoxy) is 1. The Morgan fingerprint density at radius 3 is 2.60 bits per heavy atom. The summed E-state index contributed by atoms with van der Waals surface area (Å²) in [5, 5.41) is 6.93. The molecule has 0 aliphatic rings. The molecule has 0 saturated heterocycles. The highest BCUT2D eigenvalue weighted by atomic mass is 32.1. The number of methoxy groups -OCH3 is 1. The first-order valence-electron chi connectivity index (χ1n) is 6.38. The predicted octanol–water partition coefficient (Wildman–Crippen LogP) is 4.12. The van der Waals surface area contributed by atoms with E-state index in [0.29, 0.717) is 5.11 Å². The van der Waals surface area contributed by atoms with Gasteiger partial charge in [0.15, 0.2) is 5.11 Å². The zero-order chi connectivity index (χ0) is 14.5. The molecule has 3 nitrogen and oxygen atoms in total. The third-order valence-electron chi connectivity index (χ3n) is 2.97. The Bertz CT molecular complexity index is 626. The Hall–Kier alpha value is -2.07. The van der Waals surface area contributed by atoms with Crippen LogP contribution >= 0.6 is 12.2 Å². The SMILES string of the molecule is COc1cccc(NC(=S)Nc2cc(C)ccc2C)c1. The second kappa shape index (κ2) is 6.39. The fourth-order valence-corrected chi connectivity index (χ4v) is 2.08. The van der Waals surface area contributed by atoms with Crippen LogP contribution in [0.1, 0.15) is 11.1 Å². The number of hydrogen-bond acceptors (Lipinski definition) is 2. The van der Waals surface area contributed by atoms with E-state index in [1.54, 1.807) is 7.11 Å². The molecule has 0 fully saturated rings. The van der Waals surface area contributed by atoms with Crippen LogP contribution in [0.4, 0.5) is 11.4 Å². The highest BCUT2D eigenvalue weighted by molar-refractivity contribution is 7.80. The smallest absolute Gasteiger partial charge is 0.175 e. The molecule has 0 atom stereocenters. The summed E-state index contributed by atoms with van der Waals surface area (Å²) < 4.78 is 5.19. The molecular formula is C16H18N2OS. The summed E-state index contributed by atoms with van der Waals surface area (Å²) in [6.07, 6.45) is 0. The van der Waals surface area contributed by atoms with E-state index in [9.17, 15) is 0 Å². The van der Waals surface area contributed by atoms with Crippen LogP contribution in [-0.2, 0) is 0 Å². The third kappa shape index (κ3) is 3.71. The van der Waals surface area contributed by atoms with Crippen molar-refractivity contribution in [1.82, 2.24) is 0 Å². The van der Waals surface area contributed by atoms with Gasteiger partial charge in [-0.1, -0.05) is 18.2 Å². The van der Waals surface area contributed by atoms with Gasteiger partial charge in [-0.3, -0.25) is 0 Å². The van der Waals surface area contributed by atoms with Gasteiger partial charge in [0.05, 0.1) is 7.11 Å². The van der Waals surface area contributed by atoms with Gasteiger partial charge in [0.2, 0.25) is 0 Å². The molecule has 104 valence electrons. The molecule has 0 bridgehead atoms. The summed E-state index contributed by atoms with van der Waals surface area (Å²) in [6, 6.07) is 13.9. The topological polar surface area (TPSA) is 33.3 Å². The second-order valence-corrected chi connectivity index (χ2v) is 5.04. The molecular weight excluding hydrogens is 268 g/mol. The molecule has 0 radical (unpaired) electrons. The molecule has 0 aliphatic heterocycles. The largest absolute Gasteiger partial charge is 0.497 e. The van der Waals surface area contributed by atoms with Gasteiger partial charge in [0.25, 0.3) is 0 Å². The zero-order valence-corrected chi connectivity index (χ0v) is 12.7. The average Bonchev–Trinajstić information content (AvgIpc) is 2.43. The number of benzene rings is 2. The molecule has 2 N–H and O–H groups in total. The maximum atomic E-state index is 5.34. The molecule has 2 rings (SSSR count). The molecule has 4 heteroatoms. The van der Waals surface area contributed by atoms with E-state index < -0.39 is 0 Å². The Morgan fingerprint density at radius 2 is 1.85 bits per heavy atom. The Labute approximate surface area is 125 Å². The van der Waals surface area contributed by atoms with Crippen molar-refractivity contribution in [3.63, 3.8) is 0 Å². The first-order valence-corrected chi connectivity index (χ1v) is 6.78. The van der Waals surface area contributed by atoms with Crippen molar-refractivity contribution in [3.8, 4) is 5.75 Å². The van der Waals surface area contributed by atoms with E-state index in [0.717, 1.165) is 22.7 Å². The van der Waals surface area contributed by atoms with Crippen LogP contribution in [0.25, 0.3) is 0 Å². The Kier molecular flexibility index (Phi) is 4.58. The van der Waals surface area contributed by atoms with Gasteiger partial charge in [-0.25, -0.2) is 0 Å². The van der Waals surface area contributed by atoms with Crippen molar-refractivity contribution in [2.75, 3.05) is 17.7 Å². The monoisotopic (exact) mass is 286 g/mol. The van der Waals surface area contributed by atoms with Crippen LogP contribution < -0.4 is 15.4 Å². The molecule has 20 heavy (non-hydrogen) atoms. The van der Waals surface area contributed by atoms with Gasteiger partial charge in [-0.15, -0.1) is 0 Å². The number of nitrogens with one attached hydrogen (secondary N) is 2. The lowest BCUT2D eigenvalue weighted by Gasteiger charge is -2.13. The number of anilines is 2. The van der Waals surface area contributed by atoms with Crippen LogP contribution in [-0.4, -0.2) is 12.2 Å². The molecule has 0 aliphatic carbocycles. The van der Waals surface area contributed by atoms with Crippen LogP contribution in [0, 0.1) is 13.8 Å². The fourth-order valence-electron chi connectivity index (χ4n) is 1.86. The average molecular weight is 286 g/mol. The van der Waals surface area contributed by atoms with Crippen molar-refractivity contribution in [3.05, 3.63) is 53.6 Å². The van der Waals surface area contributed by atoms with Crippen molar-refractivity contribution >= 4 is 28.7 Å². The Balaban J connectivity index is 2.07. The number of rotatable bonds is 3. The summed E-state index contributed by atoms with van der Waals surface area (Å²) in [6.45, 7) is 4.11. The molecule has 0 saturated carbocycles. The van der Waals surface area contributed by atoms with E-state index in [1.165, 1.54) is 5.56 Å². The minimum absolute atomic E-state index is 0.562. The number of thiocarbonyl (C=S) groups is 1. The molecule has 0 amide bonds. The molecule has 0 spiro atoms. The summed E-state index contributed by atoms with van der Waals surface area (Å²) >= 11 is 5.34. The summed E-state index contributed by atoms with van der Waals surface area (Å²) in [7, 11) is 1.64. The summed E-state index contributed by atoms with van der Waals surface area (Å²) in [4.78, 5) is 0. The maximum absolute atomic E-state index is 5.34. The fraction of sp³-hybridized carbons (Fsp3) is 0.188. The molecule has 0 heterocycles. The van der Waals surface area contributed by atoms with E-state index in [4.69, 9.17) is 17.0 Å². The second-order valence-electron chi connectivity index (χ2n) is 4.63. The van der Waals surface area contributed by atoms with Gasteiger partial charge in [0.1, 0.15) is 5.75 Å². The lowest BCUT2D eigenvalue weighted by Crippen LogP contribution is -2.19. The third-order valence-corrected chi connectivity index (χ3v) is 3.17. The minimum Gasteiger partial charge on any atom is -0.497 e. The van der Waals surface area contributed by atoms with Gasteiger partial charge in [0, 0.05) is 17.4 Å². The number of aryl methyl sites for hydroxylation is 2. The number of hydrogen-bond donors (Lipinski definition) is 2. The van der Waals surface area contributed by atoms with E-state index in [2.05, 4.69) is 42.7 Å². The highest BCUT2D eigenvalue weighted by Crippen LogP contribution is 2.19. The predicted molar refractivity (Wildman–Crippen MR) is 88.8 cm³/mol. The molecule has 2 aromatic rings. The Morgan fingerprint density at radius 1 is 1.05 bits per heavy atom. The summed E-state index contributed by atoms with van der Waals surface area (Å²) in [5.41, 5.74) is 4.27. The van der Waals surface area contributed by atoms with Crippen LogP contribution in [0.5, 0.6) is 5.75 Å². The minimum atomic E-state index is 0.562. The van der Waals surface area contributed by atoms with Gasteiger partial charge in [-0.05, 0) is 55.4 Å². The van der Waals surface area contributed by atoms with Gasteiger partial charge < -0.3 is 15.4 Å². The van der Waals surface area contributed by atoms with E-state index in [1.807, 2.05) is 24.3 Å². The molecule has 0 unspecified atom stereocenters. The van der Waals surface area contributed by atoms with Crippen molar-refractivity contribution in [2.45, 2.75) is 13.8 Å². The van der Waals surface area contributed by atoms with E-state index in [-0.39, 0.29) is 0 Å². The highest BCUT2D eigenvalue weighted by Gasteiger charge is 2.03. The quantitative estimate of drug-likeness (QED) is 0.832. The summed E-state index contributed by atoms with van der Waals surface area (Å²) in [5.74, 6) is 0.796. The first kappa shape index (κ1) is 14.3. The normalized spacial score (nSPS) is 9.95. The van der Waals surface area contributed by atoms with Crippen LogP contribution in [0.3, 0.4) is 0 Å². The maximum Gasteiger partial charge on any atom is 0.175 e. The van der Waals surface area contributed by atoms with Crippen molar-refractivity contribution < 1.29 is 4.74 Å². The standard InChI is InChI=1S/C16H18N2OS/c1-11-7-8-12(2)15(9-11)18-16(20)17-13-5-4-6-14(10-13)19-3/h4-10H,1-3H3,(H2,17,18,20). The lowest BCUT2D eigenvalue weighted by atomic mass is 10.1. The van der Waals surface area contributed by atoms with Gasteiger partial charge in [-0.2, -0.15) is 0 Å². The lowest BCUT2D eigenvalue weighted by molar-refractivity contribution is 0.415. The first-order chi connectivity index (χ1) is 9.58. The van der Waals surface area contributed by atoms with Gasteiger partial charge >= 0.3 is 0 Å². The molecule has 0 aromatic heterocycles. The van der Waals surface area contributed by atoms with Crippen molar-refractivity contribution in [2.24, 2.45) is 0 Å².